The summed E-state index contributed by atoms with van der Waals surface area (Å²) in [5.41, 5.74) is 2.34. The van der Waals surface area contributed by atoms with Gasteiger partial charge in [-0.2, -0.15) is 0 Å². The summed E-state index contributed by atoms with van der Waals surface area (Å²) in [7, 11) is 0. The zero-order valence-electron chi connectivity index (χ0n) is 12.1. The number of hydrogen-bond acceptors (Lipinski definition) is 4. The first-order valence-corrected chi connectivity index (χ1v) is 8.35. The molecule has 3 aromatic rings. The topological polar surface area (TPSA) is 29.3 Å². The lowest BCUT2D eigenvalue weighted by molar-refractivity contribution is 0.499. The van der Waals surface area contributed by atoms with E-state index in [9.17, 15) is 0 Å². The Balaban J connectivity index is 1.57. The first kappa shape index (κ1) is 13.5. The number of aromatic nitrogens is 1. The van der Waals surface area contributed by atoms with Gasteiger partial charge in [0.05, 0.1) is 18.4 Å². The molecular formula is C18H16N2OS. The van der Waals surface area contributed by atoms with Crippen molar-refractivity contribution in [3.63, 3.8) is 0 Å². The molecule has 2 aromatic carbocycles. The Hall–Kier alpha value is -2.20. The standard InChI is InChI=1S/C18H16N2OS/c1-2-6-14(7-3-1)16-12-19-18(21-16)13-20-10-11-22-17-9-5-4-8-15(17)20/h1-9,12H,10-11,13H2. The fourth-order valence-corrected chi connectivity index (χ4v) is 3.72. The molecule has 0 spiro atoms. The highest BCUT2D eigenvalue weighted by molar-refractivity contribution is 7.99. The fraction of sp³-hybridized carbons (Fsp3) is 0.167. The maximum Gasteiger partial charge on any atom is 0.214 e. The Labute approximate surface area is 134 Å². The molecule has 0 amide bonds. The molecule has 0 saturated carbocycles. The van der Waals surface area contributed by atoms with Crippen LogP contribution in [0.1, 0.15) is 5.89 Å². The summed E-state index contributed by atoms with van der Waals surface area (Å²) < 4.78 is 5.93. The van der Waals surface area contributed by atoms with Crippen LogP contribution < -0.4 is 4.90 Å². The second kappa shape index (κ2) is 5.89. The van der Waals surface area contributed by atoms with E-state index in [2.05, 4.69) is 34.1 Å². The van der Waals surface area contributed by atoms with Gasteiger partial charge in [-0.15, -0.1) is 11.8 Å². The largest absolute Gasteiger partial charge is 0.439 e. The predicted octanol–water partition coefficient (Wildman–Crippen LogP) is 4.45. The van der Waals surface area contributed by atoms with Gasteiger partial charge in [-0.05, 0) is 12.1 Å². The number of rotatable bonds is 3. The molecule has 110 valence electrons. The minimum Gasteiger partial charge on any atom is -0.439 e. The Morgan fingerprint density at radius 1 is 1.05 bits per heavy atom. The van der Waals surface area contributed by atoms with Gasteiger partial charge in [0.15, 0.2) is 5.76 Å². The molecule has 22 heavy (non-hydrogen) atoms. The van der Waals surface area contributed by atoms with Crippen LogP contribution in [-0.4, -0.2) is 17.3 Å². The van der Waals surface area contributed by atoms with Gasteiger partial charge in [-0.25, -0.2) is 4.98 Å². The van der Waals surface area contributed by atoms with Crippen molar-refractivity contribution in [1.82, 2.24) is 4.98 Å². The average molecular weight is 308 g/mol. The Bertz CT molecular complexity index is 770. The number of oxazole rings is 1. The third-order valence-corrected chi connectivity index (χ3v) is 4.81. The summed E-state index contributed by atoms with van der Waals surface area (Å²) >= 11 is 1.91. The summed E-state index contributed by atoms with van der Waals surface area (Å²) in [5, 5.41) is 0. The molecule has 2 heterocycles. The van der Waals surface area contributed by atoms with E-state index in [-0.39, 0.29) is 0 Å². The molecule has 0 N–H and O–H groups in total. The number of para-hydroxylation sites is 1. The normalized spacial score (nSPS) is 13.9. The smallest absolute Gasteiger partial charge is 0.214 e. The van der Waals surface area contributed by atoms with E-state index < -0.39 is 0 Å². The van der Waals surface area contributed by atoms with Crippen LogP contribution in [0.4, 0.5) is 5.69 Å². The van der Waals surface area contributed by atoms with E-state index >= 15 is 0 Å². The molecule has 4 heteroatoms. The van der Waals surface area contributed by atoms with Crippen LogP contribution >= 0.6 is 11.8 Å². The molecular weight excluding hydrogens is 292 g/mol. The lowest BCUT2D eigenvalue weighted by Crippen LogP contribution is -2.28. The summed E-state index contributed by atoms with van der Waals surface area (Å²) in [6.07, 6.45) is 1.81. The van der Waals surface area contributed by atoms with Crippen LogP contribution in [-0.2, 0) is 6.54 Å². The third kappa shape index (κ3) is 2.62. The van der Waals surface area contributed by atoms with Gasteiger partial charge in [-0.3, -0.25) is 0 Å². The molecule has 4 rings (SSSR count). The van der Waals surface area contributed by atoms with E-state index in [4.69, 9.17) is 4.42 Å². The second-order valence-electron chi connectivity index (χ2n) is 5.22. The summed E-state index contributed by atoms with van der Waals surface area (Å²) in [5.74, 6) is 2.69. The first-order chi connectivity index (χ1) is 10.9. The highest BCUT2D eigenvalue weighted by Gasteiger charge is 2.18. The van der Waals surface area contributed by atoms with Crippen molar-refractivity contribution >= 4 is 17.4 Å². The molecule has 1 aliphatic rings. The van der Waals surface area contributed by atoms with Crippen molar-refractivity contribution in [3.05, 3.63) is 66.7 Å². The third-order valence-electron chi connectivity index (χ3n) is 3.76. The molecule has 0 radical (unpaired) electrons. The van der Waals surface area contributed by atoms with Crippen LogP contribution in [0.15, 0.2) is 70.1 Å². The number of thioether (sulfide) groups is 1. The fourth-order valence-electron chi connectivity index (χ4n) is 2.67. The number of nitrogens with zero attached hydrogens (tertiary/aromatic N) is 2. The number of benzene rings is 2. The van der Waals surface area contributed by atoms with E-state index in [0.717, 1.165) is 29.5 Å². The van der Waals surface area contributed by atoms with Gasteiger partial charge in [0, 0.05) is 22.8 Å². The SMILES string of the molecule is c1ccc(-c2cnc(CN3CCSc4ccccc43)o2)cc1. The van der Waals surface area contributed by atoms with Crippen LogP contribution in [0.3, 0.4) is 0 Å². The van der Waals surface area contributed by atoms with Crippen LogP contribution in [0.5, 0.6) is 0 Å². The minimum atomic E-state index is 0.713. The maximum absolute atomic E-state index is 5.93. The number of anilines is 1. The molecule has 0 atom stereocenters. The Morgan fingerprint density at radius 3 is 2.77 bits per heavy atom. The molecule has 0 bridgehead atoms. The Morgan fingerprint density at radius 2 is 1.86 bits per heavy atom. The van der Waals surface area contributed by atoms with E-state index in [1.807, 2.05) is 48.3 Å². The zero-order valence-corrected chi connectivity index (χ0v) is 12.9. The highest BCUT2D eigenvalue weighted by Crippen LogP contribution is 2.35. The quantitative estimate of drug-likeness (QED) is 0.714. The molecule has 0 unspecified atom stereocenters. The van der Waals surface area contributed by atoms with Crippen LogP contribution in [0, 0.1) is 0 Å². The summed E-state index contributed by atoms with van der Waals surface area (Å²) in [6.45, 7) is 1.73. The van der Waals surface area contributed by atoms with Crippen molar-refractivity contribution in [3.8, 4) is 11.3 Å². The number of fused-ring (bicyclic) bond motifs is 1. The highest BCUT2D eigenvalue weighted by atomic mass is 32.2. The molecule has 0 fully saturated rings. The van der Waals surface area contributed by atoms with Gasteiger partial charge < -0.3 is 9.32 Å². The monoisotopic (exact) mass is 308 g/mol. The van der Waals surface area contributed by atoms with Gasteiger partial charge in [0.2, 0.25) is 5.89 Å². The van der Waals surface area contributed by atoms with Gasteiger partial charge in [0.25, 0.3) is 0 Å². The van der Waals surface area contributed by atoms with Crippen molar-refractivity contribution in [2.45, 2.75) is 11.4 Å². The molecule has 1 aromatic heterocycles. The van der Waals surface area contributed by atoms with E-state index in [1.165, 1.54) is 10.6 Å². The lowest BCUT2D eigenvalue weighted by Gasteiger charge is -2.29. The van der Waals surface area contributed by atoms with E-state index in [1.54, 1.807) is 0 Å². The van der Waals surface area contributed by atoms with Crippen molar-refractivity contribution < 1.29 is 4.42 Å². The molecule has 0 aliphatic carbocycles. The lowest BCUT2D eigenvalue weighted by atomic mass is 10.2. The summed E-state index contributed by atoms with van der Waals surface area (Å²) in [4.78, 5) is 8.12. The van der Waals surface area contributed by atoms with Crippen LogP contribution in [0.2, 0.25) is 0 Å². The van der Waals surface area contributed by atoms with E-state index in [0.29, 0.717) is 6.54 Å². The van der Waals surface area contributed by atoms with Gasteiger partial charge >= 0.3 is 0 Å². The van der Waals surface area contributed by atoms with Crippen molar-refractivity contribution in [2.75, 3.05) is 17.2 Å². The van der Waals surface area contributed by atoms with Crippen molar-refractivity contribution in [2.24, 2.45) is 0 Å². The predicted molar refractivity (Wildman–Crippen MR) is 90.2 cm³/mol. The summed E-state index contributed by atoms with van der Waals surface area (Å²) in [6, 6.07) is 18.6. The number of hydrogen-bond donors (Lipinski definition) is 0. The minimum absolute atomic E-state index is 0.713. The Kier molecular flexibility index (Phi) is 3.60. The maximum atomic E-state index is 5.93. The van der Waals surface area contributed by atoms with Gasteiger partial charge in [-0.1, -0.05) is 42.5 Å². The molecule has 0 saturated heterocycles. The van der Waals surface area contributed by atoms with Gasteiger partial charge in [0.1, 0.15) is 0 Å². The first-order valence-electron chi connectivity index (χ1n) is 7.37. The van der Waals surface area contributed by atoms with Crippen molar-refractivity contribution in [1.29, 1.82) is 0 Å². The molecule has 3 nitrogen and oxygen atoms in total. The zero-order chi connectivity index (χ0) is 14.8. The molecule has 1 aliphatic heterocycles. The van der Waals surface area contributed by atoms with Crippen LogP contribution in [0.25, 0.3) is 11.3 Å². The second-order valence-corrected chi connectivity index (χ2v) is 6.36. The average Bonchev–Trinajstić information content (AvgIpc) is 3.05.